The van der Waals surface area contributed by atoms with Gasteiger partial charge in [-0.15, -0.1) is 0 Å². The topological polar surface area (TPSA) is 185 Å². The van der Waals surface area contributed by atoms with E-state index in [9.17, 15) is 27.9 Å². The molecule has 14 nitrogen and oxygen atoms in total. The molecule has 2 aliphatic heterocycles. The van der Waals surface area contributed by atoms with Crippen molar-refractivity contribution in [2.24, 2.45) is 17.8 Å². The summed E-state index contributed by atoms with van der Waals surface area (Å²) in [7, 11) is -3.92. The van der Waals surface area contributed by atoms with Gasteiger partial charge in [-0.1, -0.05) is 51.1 Å². The summed E-state index contributed by atoms with van der Waals surface area (Å²) in [4.78, 5) is 63.5. The zero-order valence-electron chi connectivity index (χ0n) is 32.6. The number of hydrogen-bond donors (Lipinski definition) is 3. The van der Waals surface area contributed by atoms with Crippen molar-refractivity contribution in [3.8, 4) is 11.6 Å². The molecule has 3 heterocycles. The number of aromatic nitrogens is 1. The summed E-state index contributed by atoms with van der Waals surface area (Å²) < 4.78 is 40.5. The van der Waals surface area contributed by atoms with Crippen LogP contribution in [0.4, 0.5) is 4.79 Å². The predicted octanol–water partition coefficient (Wildman–Crippen LogP) is 5.01. The second-order valence-corrected chi connectivity index (χ2v) is 18.8. The van der Waals surface area contributed by atoms with Crippen molar-refractivity contribution in [3.63, 3.8) is 0 Å². The van der Waals surface area contributed by atoms with E-state index < -0.39 is 80.2 Å². The third-order valence-electron chi connectivity index (χ3n) is 11.2. The Morgan fingerprint density at radius 2 is 1.82 bits per heavy atom. The standard InChI is InChI=1S/C40H55N5O9S/c1-7-18-53-32-22-41-35(30-15-11-10-14-29(30)32)54-27-20-31-34(46)42-40(37(48)43-55(51,52)28-16-17-28)21-26(40)13-9-8-12-24(2)19-25(3)33(36(47)44(31)23-27)45(38(49)50)39(4,5)6/h9-11,13-15,22,24-28,31,33H,7-8,12,16-21,23H2,1-6H3,(H,42,46)(H,43,48)(H,49,50)/b13-9-/t24-,25+,26?,27+,31-,33-,40?/m0/s1. The number of carbonyl (C=O) groups excluding carboxylic acids is 3. The van der Waals surface area contributed by atoms with E-state index in [0.29, 0.717) is 43.4 Å². The van der Waals surface area contributed by atoms with Crippen LogP contribution < -0.4 is 19.5 Å². The molecule has 15 heteroatoms. The van der Waals surface area contributed by atoms with Crippen molar-refractivity contribution in [2.75, 3.05) is 13.2 Å². The first-order chi connectivity index (χ1) is 26.0. The Kier molecular flexibility index (Phi) is 11.4. The first-order valence-electron chi connectivity index (χ1n) is 19.5. The summed E-state index contributed by atoms with van der Waals surface area (Å²) in [6.07, 6.45) is 7.28. The van der Waals surface area contributed by atoms with Gasteiger partial charge in [0.05, 0.1) is 24.6 Å². The molecule has 1 saturated heterocycles. The normalized spacial score (nSPS) is 29.5. The molecule has 3 fully saturated rings. The Bertz CT molecular complexity index is 1940. The molecule has 0 bridgehead atoms. The minimum Gasteiger partial charge on any atom is -0.491 e. The fourth-order valence-electron chi connectivity index (χ4n) is 8.19. The Labute approximate surface area is 323 Å². The van der Waals surface area contributed by atoms with Crippen LogP contribution in [0.2, 0.25) is 0 Å². The maximum absolute atomic E-state index is 15.0. The fourth-order valence-corrected chi connectivity index (χ4v) is 9.55. The van der Waals surface area contributed by atoms with E-state index in [4.69, 9.17) is 9.47 Å². The molecular weight excluding hydrogens is 727 g/mol. The van der Waals surface area contributed by atoms with Crippen LogP contribution >= 0.6 is 0 Å². The monoisotopic (exact) mass is 781 g/mol. The number of amides is 4. The highest BCUT2D eigenvalue weighted by Crippen LogP contribution is 2.46. The average Bonchev–Trinajstić information content (AvgIpc) is 4.04. The molecule has 55 heavy (non-hydrogen) atoms. The molecule has 7 atom stereocenters. The van der Waals surface area contributed by atoms with E-state index in [0.717, 1.165) is 18.2 Å². The molecule has 4 amide bonds. The lowest BCUT2D eigenvalue weighted by atomic mass is 9.85. The molecule has 2 unspecified atom stereocenters. The van der Waals surface area contributed by atoms with Crippen LogP contribution in [0.3, 0.4) is 0 Å². The number of allylic oxidation sites excluding steroid dienone is 1. The SMILES string of the molecule is CCCOc1cnc(O[C@@H]2C[C@H]3C(=O)NC4(C(=O)NS(=O)(=O)C5CC5)CC4/C=C\CC[C@H](C)C[C@@H](C)[C@H](N(C(=O)O)C(C)(C)C)C(=O)N3C2)c2ccccc12. The lowest BCUT2D eigenvalue weighted by Crippen LogP contribution is -2.62. The summed E-state index contributed by atoms with van der Waals surface area (Å²) in [6, 6.07) is 5.18. The quantitative estimate of drug-likeness (QED) is 0.292. The Morgan fingerprint density at radius 1 is 1.11 bits per heavy atom. The van der Waals surface area contributed by atoms with Gasteiger partial charge in [-0.25, -0.2) is 18.2 Å². The van der Waals surface area contributed by atoms with Crippen molar-refractivity contribution in [1.29, 1.82) is 0 Å². The zero-order valence-corrected chi connectivity index (χ0v) is 33.4. The fraction of sp³-hybridized carbons (Fsp3) is 0.625. The number of carboxylic acid groups (broad SMARTS) is 1. The second-order valence-electron chi connectivity index (χ2n) is 16.8. The molecule has 4 aliphatic rings. The van der Waals surface area contributed by atoms with Crippen molar-refractivity contribution >= 4 is 44.6 Å². The van der Waals surface area contributed by atoms with Gasteiger partial charge in [-0.05, 0) is 83.6 Å². The zero-order chi connectivity index (χ0) is 39.9. The van der Waals surface area contributed by atoms with Crippen LogP contribution in [-0.4, -0.2) is 99.8 Å². The first-order valence-corrected chi connectivity index (χ1v) is 21.1. The molecule has 2 aromatic rings. The lowest BCUT2D eigenvalue weighted by Gasteiger charge is -2.43. The minimum atomic E-state index is -3.92. The van der Waals surface area contributed by atoms with E-state index in [-0.39, 0.29) is 31.2 Å². The molecule has 6 rings (SSSR count). The molecule has 3 N–H and O–H groups in total. The van der Waals surface area contributed by atoms with Crippen LogP contribution in [0.1, 0.15) is 92.9 Å². The smallest absolute Gasteiger partial charge is 0.408 e. The van der Waals surface area contributed by atoms with Crippen LogP contribution in [-0.2, 0) is 24.4 Å². The molecule has 300 valence electrons. The lowest BCUT2D eigenvalue weighted by molar-refractivity contribution is -0.146. The summed E-state index contributed by atoms with van der Waals surface area (Å²) in [5.41, 5.74) is -2.50. The summed E-state index contributed by atoms with van der Waals surface area (Å²) in [5, 5.41) is 14.3. The molecule has 1 aromatic carbocycles. The Hall–Kier alpha value is -4.40. The maximum atomic E-state index is 15.0. The Morgan fingerprint density at radius 3 is 2.47 bits per heavy atom. The minimum absolute atomic E-state index is 0.0142. The Balaban J connectivity index is 1.39. The summed E-state index contributed by atoms with van der Waals surface area (Å²) in [5.74, 6) is -1.88. The van der Waals surface area contributed by atoms with Gasteiger partial charge in [0.15, 0.2) is 0 Å². The van der Waals surface area contributed by atoms with Crippen LogP contribution in [0.25, 0.3) is 10.8 Å². The molecule has 1 aromatic heterocycles. The van der Waals surface area contributed by atoms with Crippen LogP contribution in [0.15, 0.2) is 42.6 Å². The van der Waals surface area contributed by atoms with E-state index >= 15 is 4.79 Å². The first kappa shape index (κ1) is 40.3. The number of pyridine rings is 1. The number of ether oxygens (including phenoxy) is 2. The number of nitrogens with one attached hydrogen (secondary N) is 2. The molecule has 2 saturated carbocycles. The summed E-state index contributed by atoms with van der Waals surface area (Å²) >= 11 is 0. The number of carbonyl (C=O) groups is 4. The maximum Gasteiger partial charge on any atom is 0.408 e. The predicted molar refractivity (Wildman–Crippen MR) is 206 cm³/mol. The summed E-state index contributed by atoms with van der Waals surface area (Å²) in [6.45, 7) is 11.6. The van der Waals surface area contributed by atoms with Crippen molar-refractivity contribution in [1.82, 2.24) is 24.8 Å². The second kappa shape index (κ2) is 15.6. The number of benzene rings is 1. The van der Waals surface area contributed by atoms with Gasteiger partial charge in [0.2, 0.25) is 27.7 Å². The van der Waals surface area contributed by atoms with Gasteiger partial charge >= 0.3 is 6.09 Å². The number of nitrogens with zero attached hydrogens (tertiary/aromatic N) is 3. The van der Waals surface area contributed by atoms with Gasteiger partial charge in [-0.2, -0.15) is 0 Å². The third-order valence-corrected chi connectivity index (χ3v) is 13.1. The molecular formula is C40H55N5O9S. The van der Waals surface area contributed by atoms with Crippen molar-refractivity contribution in [2.45, 2.75) is 127 Å². The largest absolute Gasteiger partial charge is 0.491 e. The van der Waals surface area contributed by atoms with Crippen LogP contribution in [0.5, 0.6) is 11.6 Å². The van der Waals surface area contributed by atoms with E-state index in [1.165, 1.54) is 9.80 Å². The van der Waals surface area contributed by atoms with Gasteiger partial charge in [0.1, 0.15) is 29.5 Å². The highest BCUT2D eigenvalue weighted by Gasteiger charge is 2.62. The average molecular weight is 782 g/mol. The highest BCUT2D eigenvalue weighted by atomic mass is 32.2. The van der Waals surface area contributed by atoms with Gasteiger partial charge in [0.25, 0.3) is 5.91 Å². The van der Waals surface area contributed by atoms with Gasteiger partial charge in [0, 0.05) is 28.7 Å². The van der Waals surface area contributed by atoms with E-state index in [1.807, 2.05) is 50.3 Å². The van der Waals surface area contributed by atoms with Crippen molar-refractivity contribution in [3.05, 3.63) is 42.6 Å². The van der Waals surface area contributed by atoms with E-state index in [1.54, 1.807) is 27.0 Å². The molecule has 0 radical (unpaired) electrons. The molecule has 2 aliphatic carbocycles. The number of fused-ring (bicyclic) bond motifs is 3. The van der Waals surface area contributed by atoms with Crippen molar-refractivity contribution < 1.29 is 42.2 Å². The number of rotatable bonds is 9. The van der Waals surface area contributed by atoms with Gasteiger partial charge < -0.3 is 24.8 Å². The number of hydrogen-bond acceptors (Lipinski definition) is 9. The number of sulfonamides is 1. The van der Waals surface area contributed by atoms with Gasteiger partial charge in [-0.3, -0.25) is 24.0 Å². The third kappa shape index (κ3) is 8.56. The van der Waals surface area contributed by atoms with Crippen LogP contribution in [0, 0.1) is 17.8 Å². The highest BCUT2D eigenvalue weighted by molar-refractivity contribution is 7.91. The van der Waals surface area contributed by atoms with E-state index in [2.05, 4.69) is 21.9 Å². The molecule has 0 spiro atoms.